The van der Waals surface area contributed by atoms with Crippen molar-refractivity contribution in [1.29, 1.82) is 0 Å². The van der Waals surface area contributed by atoms with Gasteiger partial charge in [-0.25, -0.2) is 4.79 Å². The minimum Gasteiger partial charge on any atom is -0.619 e. The van der Waals surface area contributed by atoms with Gasteiger partial charge < -0.3 is 28.9 Å². The zero-order valence-electron chi connectivity index (χ0n) is 22.7. The van der Waals surface area contributed by atoms with Crippen LogP contribution in [-0.2, 0) is 11.2 Å². The molecule has 5 rings (SSSR count). The molecule has 0 saturated heterocycles. The third kappa shape index (κ3) is 7.86. The molecule has 2 fully saturated rings. The summed E-state index contributed by atoms with van der Waals surface area (Å²) in [6, 6.07) is 9.04. The first-order valence-electron chi connectivity index (χ1n) is 13.5. The van der Waals surface area contributed by atoms with Crippen molar-refractivity contribution in [1.82, 2.24) is 0 Å². The van der Waals surface area contributed by atoms with E-state index in [-0.39, 0.29) is 33.5 Å². The molecule has 2 aliphatic carbocycles. The molecule has 42 heavy (non-hydrogen) atoms. The Bertz CT molecular complexity index is 1410. The highest BCUT2D eigenvalue weighted by atomic mass is 35.5. The highest BCUT2D eigenvalue weighted by Crippen LogP contribution is 2.39. The lowest BCUT2D eigenvalue weighted by Crippen LogP contribution is -2.25. The van der Waals surface area contributed by atoms with Crippen molar-refractivity contribution in [3.05, 3.63) is 80.7 Å². The summed E-state index contributed by atoms with van der Waals surface area (Å²) in [6.07, 6.45) is 5.41. The molecule has 2 aliphatic rings. The molecule has 1 heterocycles. The average Bonchev–Trinajstić information content (AvgIpc) is 3.88. The van der Waals surface area contributed by atoms with Gasteiger partial charge in [0.15, 0.2) is 35.4 Å². The normalized spacial score (nSPS) is 15.3. The van der Waals surface area contributed by atoms with Crippen molar-refractivity contribution >= 4 is 29.2 Å². The van der Waals surface area contributed by atoms with Crippen molar-refractivity contribution in [3.63, 3.8) is 0 Å². The smallest absolute Gasteiger partial charge is 0.387 e. The summed E-state index contributed by atoms with van der Waals surface area (Å²) in [6.45, 7) is -2.21. The molecule has 0 bridgehead atoms. The van der Waals surface area contributed by atoms with Crippen molar-refractivity contribution in [2.45, 2.75) is 44.8 Å². The van der Waals surface area contributed by atoms with Gasteiger partial charge in [0.05, 0.1) is 25.9 Å². The number of benzene rings is 2. The van der Waals surface area contributed by atoms with E-state index in [1.165, 1.54) is 25.3 Å². The minimum atomic E-state index is -3.06. The maximum absolute atomic E-state index is 13.5. The van der Waals surface area contributed by atoms with Gasteiger partial charge in [0, 0.05) is 12.0 Å². The van der Waals surface area contributed by atoms with Gasteiger partial charge in [-0.1, -0.05) is 29.3 Å². The van der Waals surface area contributed by atoms with Crippen LogP contribution in [0.3, 0.4) is 0 Å². The number of carbonyl (C=O) groups excluding carboxylic acids is 1. The van der Waals surface area contributed by atoms with E-state index < -0.39 is 18.7 Å². The predicted molar refractivity (Wildman–Crippen MR) is 150 cm³/mol. The Hall–Kier alpha value is -3.50. The molecule has 8 nitrogen and oxygen atoms in total. The second kappa shape index (κ2) is 13.2. The predicted octanol–water partition coefficient (Wildman–Crippen LogP) is 6.96. The summed E-state index contributed by atoms with van der Waals surface area (Å²) in [7, 11) is 1.51. The molecule has 0 aliphatic heterocycles. The summed E-state index contributed by atoms with van der Waals surface area (Å²) >= 11 is 12.7. The molecule has 1 atom stereocenters. The molecule has 3 aromatic rings. The molecule has 2 saturated carbocycles. The molecule has 224 valence electrons. The molecule has 2 aromatic carbocycles. The lowest BCUT2D eigenvalue weighted by Gasteiger charge is -2.22. The quantitative estimate of drug-likeness (QED) is 0.109. The first-order chi connectivity index (χ1) is 20.2. The fraction of sp³-hybridized carbons (Fsp3) is 0.400. The van der Waals surface area contributed by atoms with Gasteiger partial charge in [0.1, 0.15) is 16.1 Å². The van der Waals surface area contributed by atoms with E-state index in [4.69, 9.17) is 42.1 Å². The number of carbonyl (C=O) groups is 1. The highest BCUT2D eigenvalue weighted by Gasteiger charge is 2.28. The maximum Gasteiger partial charge on any atom is 0.387 e. The van der Waals surface area contributed by atoms with Gasteiger partial charge in [0.2, 0.25) is 0 Å². The third-order valence-corrected chi connectivity index (χ3v) is 7.65. The number of pyridine rings is 1. The fourth-order valence-electron chi connectivity index (χ4n) is 4.27. The van der Waals surface area contributed by atoms with Crippen LogP contribution in [-0.4, -0.2) is 32.9 Å². The number of nitrogens with zero attached hydrogens (tertiary/aromatic N) is 1. The maximum atomic E-state index is 13.5. The first kappa shape index (κ1) is 30.0. The zero-order valence-corrected chi connectivity index (χ0v) is 24.2. The molecule has 0 N–H and O–H groups in total. The Morgan fingerprint density at radius 2 is 1.52 bits per heavy atom. The van der Waals surface area contributed by atoms with E-state index in [2.05, 4.69) is 4.74 Å². The van der Waals surface area contributed by atoms with E-state index in [1.54, 1.807) is 18.2 Å². The van der Waals surface area contributed by atoms with Crippen LogP contribution < -0.4 is 23.7 Å². The number of esters is 1. The molecule has 0 amide bonds. The largest absolute Gasteiger partial charge is 0.619 e. The number of aromatic nitrogens is 1. The number of alkyl halides is 2. The lowest BCUT2D eigenvalue weighted by atomic mass is 10.0. The number of halogens is 4. The number of methoxy groups -OCH3 is 1. The zero-order chi connectivity index (χ0) is 29.8. The fourth-order valence-corrected chi connectivity index (χ4v) is 4.87. The van der Waals surface area contributed by atoms with Crippen LogP contribution in [0.2, 0.25) is 10.0 Å². The van der Waals surface area contributed by atoms with Crippen molar-refractivity contribution in [2.24, 2.45) is 11.8 Å². The van der Waals surface area contributed by atoms with Gasteiger partial charge in [0.25, 0.3) is 0 Å². The molecule has 0 spiro atoms. The Kier molecular flexibility index (Phi) is 9.43. The molecular weight excluding hydrogens is 595 g/mol. The van der Waals surface area contributed by atoms with Crippen LogP contribution in [0, 0.1) is 17.0 Å². The second-order valence-electron chi connectivity index (χ2n) is 10.3. The Labute approximate surface area is 251 Å². The van der Waals surface area contributed by atoms with Crippen LogP contribution >= 0.6 is 23.2 Å². The van der Waals surface area contributed by atoms with E-state index in [0.717, 1.165) is 38.1 Å². The number of hydrogen-bond acceptors (Lipinski definition) is 7. The standard InChI is InChI=1S/C30H29Cl2F2NO7/c1-38-24-8-7-20(11-27(24)39-15-17-2-3-17)29(36)41-26(12-21-22(31)13-35(37)14-23(21)32)19-6-9-25(42-30(33)34)28(10-19)40-16-18-4-5-18/h6-11,13-14,17-18,26,30H,2-5,12,15-16H2,1H3/t26-/m0/s1. The molecule has 1 aromatic heterocycles. The third-order valence-electron chi connectivity index (χ3n) is 6.99. The second-order valence-corrected chi connectivity index (χ2v) is 11.2. The summed E-state index contributed by atoms with van der Waals surface area (Å²) < 4.78 is 54.4. The molecular formula is C30H29Cl2F2NO7. The Morgan fingerprint density at radius 3 is 2.10 bits per heavy atom. The van der Waals surface area contributed by atoms with Crippen LogP contribution in [0.4, 0.5) is 8.78 Å². The number of rotatable bonds is 14. The summed E-state index contributed by atoms with van der Waals surface area (Å²) in [5, 5.41) is 12.0. The number of ether oxygens (including phenoxy) is 5. The molecule has 0 radical (unpaired) electrons. The minimum absolute atomic E-state index is 0.0252. The Balaban J connectivity index is 1.46. The SMILES string of the molecule is COc1ccc(C(=O)O[C@@H](Cc2c(Cl)c[n+]([O-])cc2Cl)c2ccc(OC(F)F)c(OCC3CC3)c2)cc1OCC1CC1. The van der Waals surface area contributed by atoms with Crippen molar-refractivity contribution in [2.75, 3.05) is 20.3 Å². The Morgan fingerprint density at radius 1 is 0.929 bits per heavy atom. The topological polar surface area (TPSA) is 90.2 Å². The van der Waals surface area contributed by atoms with E-state index in [0.29, 0.717) is 52.4 Å². The average molecular weight is 624 g/mol. The highest BCUT2D eigenvalue weighted by molar-refractivity contribution is 6.35. The van der Waals surface area contributed by atoms with E-state index in [9.17, 15) is 18.8 Å². The van der Waals surface area contributed by atoms with Crippen LogP contribution in [0.25, 0.3) is 0 Å². The first-order valence-corrected chi connectivity index (χ1v) is 14.3. The van der Waals surface area contributed by atoms with Crippen LogP contribution in [0.1, 0.15) is 53.3 Å². The lowest BCUT2D eigenvalue weighted by molar-refractivity contribution is -0.605. The van der Waals surface area contributed by atoms with Gasteiger partial charge in [-0.3, -0.25) is 0 Å². The van der Waals surface area contributed by atoms with Crippen LogP contribution in [0.15, 0.2) is 48.8 Å². The van der Waals surface area contributed by atoms with Crippen molar-refractivity contribution < 1.29 is 42.0 Å². The van der Waals surface area contributed by atoms with E-state index >= 15 is 0 Å². The monoisotopic (exact) mass is 623 g/mol. The summed E-state index contributed by atoms with van der Waals surface area (Å²) in [5.41, 5.74) is 0.984. The van der Waals surface area contributed by atoms with Gasteiger partial charge in [-0.2, -0.15) is 13.5 Å². The van der Waals surface area contributed by atoms with Gasteiger partial charge >= 0.3 is 12.6 Å². The van der Waals surface area contributed by atoms with E-state index in [1.807, 2.05) is 0 Å². The number of hydrogen-bond donors (Lipinski definition) is 0. The van der Waals surface area contributed by atoms with Gasteiger partial charge in [-0.15, -0.1) is 0 Å². The summed E-state index contributed by atoms with van der Waals surface area (Å²) in [5.74, 6) is 0.969. The summed E-state index contributed by atoms with van der Waals surface area (Å²) in [4.78, 5) is 13.5. The van der Waals surface area contributed by atoms with Crippen molar-refractivity contribution in [3.8, 4) is 23.0 Å². The van der Waals surface area contributed by atoms with Crippen LogP contribution in [0.5, 0.6) is 23.0 Å². The molecule has 12 heteroatoms. The molecule has 0 unspecified atom stereocenters. The van der Waals surface area contributed by atoms with Gasteiger partial charge in [-0.05, 0) is 73.4 Å².